The summed E-state index contributed by atoms with van der Waals surface area (Å²) in [7, 11) is 0. The van der Waals surface area contributed by atoms with Crippen LogP contribution in [0.5, 0.6) is 0 Å². The van der Waals surface area contributed by atoms with Crippen LogP contribution in [0.3, 0.4) is 0 Å². The molecule has 1 atom stereocenters. The van der Waals surface area contributed by atoms with Crippen molar-refractivity contribution in [2.24, 2.45) is 0 Å². The van der Waals surface area contributed by atoms with Crippen molar-refractivity contribution in [2.45, 2.75) is 39.2 Å². The summed E-state index contributed by atoms with van der Waals surface area (Å²) >= 11 is 0. The summed E-state index contributed by atoms with van der Waals surface area (Å²) in [4.78, 5) is 0. The largest absolute Gasteiger partial charge is 0.380 e. The van der Waals surface area contributed by atoms with Crippen molar-refractivity contribution in [3.05, 3.63) is 18.5 Å². The fourth-order valence-corrected chi connectivity index (χ4v) is 1.29. The lowest BCUT2D eigenvalue weighted by molar-refractivity contribution is 0.622. The number of anilines is 1. The van der Waals surface area contributed by atoms with Gasteiger partial charge in [-0.15, -0.1) is 5.10 Å². The highest BCUT2D eigenvalue weighted by molar-refractivity contribution is 5.38. The molecule has 0 saturated carbocycles. The van der Waals surface area contributed by atoms with E-state index >= 15 is 0 Å². The number of hydrogen-bond acceptors (Lipinski definition) is 3. The molecule has 1 aromatic rings. The van der Waals surface area contributed by atoms with Crippen LogP contribution in [0.25, 0.3) is 0 Å². The van der Waals surface area contributed by atoms with Crippen molar-refractivity contribution in [3.8, 4) is 0 Å². The number of hydrogen-bond donors (Lipinski definition) is 1. The molecule has 0 aliphatic rings. The van der Waals surface area contributed by atoms with Crippen molar-refractivity contribution in [1.82, 2.24) is 10.2 Å². The van der Waals surface area contributed by atoms with Gasteiger partial charge in [-0.05, 0) is 18.9 Å². The highest BCUT2D eigenvalue weighted by Gasteiger charge is 2.03. The fraction of sp³-hybridized carbons (Fsp3) is 0.600. The van der Waals surface area contributed by atoms with E-state index in [9.17, 15) is 0 Å². The SMILES string of the molecule is CCCC(CC)Nc1[c]nncc1. The first-order valence-corrected chi connectivity index (χ1v) is 4.82. The second kappa shape index (κ2) is 5.51. The van der Waals surface area contributed by atoms with Crippen molar-refractivity contribution >= 4 is 5.69 Å². The minimum Gasteiger partial charge on any atom is -0.380 e. The van der Waals surface area contributed by atoms with Gasteiger partial charge in [0.2, 0.25) is 0 Å². The number of rotatable bonds is 5. The smallest absolute Gasteiger partial charge is 0.138 e. The van der Waals surface area contributed by atoms with E-state index in [-0.39, 0.29) is 0 Å². The van der Waals surface area contributed by atoms with Gasteiger partial charge in [-0.2, -0.15) is 5.10 Å². The third-order valence-electron chi connectivity index (χ3n) is 2.03. The van der Waals surface area contributed by atoms with Crippen molar-refractivity contribution in [3.63, 3.8) is 0 Å². The zero-order chi connectivity index (χ0) is 9.52. The van der Waals surface area contributed by atoms with E-state index in [1.165, 1.54) is 12.8 Å². The Balaban J connectivity index is 2.46. The molecule has 0 aliphatic heterocycles. The van der Waals surface area contributed by atoms with E-state index in [4.69, 9.17) is 0 Å². The lowest BCUT2D eigenvalue weighted by Crippen LogP contribution is -2.18. The predicted octanol–water partition coefficient (Wildman–Crippen LogP) is 2.27. The molecule has 0 spiro atoms. The Hall–Kier alpha value is -1.12. The summed E-state index contributed by atoms with van der Waals surface area (Å²) in [6.45, 7) is 4.38. The molecule has 0 bridgehead atoms. The molecule has 13 heavy (non-hydrogen) atoms. The molecule has 0 fully saturated rings. The van der Waals surface area contributed by atoms with E-state index in [2.05, 4.69) is 35.6 Å². The average Bonchev–Trinajstić information content (AvgIpc) is 2.19. The monoisotopic (exact) mass is 178 g/mol. The van der Waals surface area contributed by atoms with E-state index in [1.54, 1.807) is 6.20 Å². The number of aromatic nitrogens is 2. The number of nitrogens with zero attached hydrogens (tertiary/aromatic N) is 2. The van der Waals surface area contributed by atoms with Gasteiger partial charge in [0.15, 0.2) is 0 Å². The van der Waals surface area contributed by atoms with Crippen molar-refractivity contribution in [1.29, 1.82) is 0 Å². The minimum absolute atomic E-state index is 0.533. The lowest BCUT2D eigenvalue weighted by atomic mass is 10.1. The molecule has 71 valence electrons. The zero-order valence-electron chi connectivity index (χ0n) is 8.25. The topological polar surface area (TPSA) is 37.8 Å². The minimum atomic E-state index is 0.533. The molecule has 3 nitrogen and oxygen atoms in total. The highest BCUT2D eigenvalue weighted by Crippen LogP contribution is 2.09. The average molecular weight is 178 g/mol. The van der Waals surface area contributed by atoms with Crippen LogP contribution in [0, 0.1) is 6.20 Å². The van der Waals surface area contributed by atoms with E-state index in [0.717, 1.165) is 12.1 Å². The molecule has 1 N–H and O–H groups in total. The van der Waals surface area contributed by atoms with Crippen molar-refractivity contribution in [2.75, 3.05) is 5.32 Å². The summed E-state index contributed by atoms with van der Waals surface area (Å²) < 4.78 is 0. The van der Waals surface area contributed by atoms with Crippen LogP contribution in [0.1, 0.15) is 33.1 Å². The van der Waals surface area contributed by atoms with Gasteiger partial charge in [-0.1, -0.05) is 20.3 Å². The van der Waals surface area contributed by atoms with Gasteiger partial charge in [0, 0.05) is 6.04 Å². The summed E-state index contributed by atoms with van der Waals surface area (Å²) in [5, 5.41) is 10.7. The summed E-state index contributed by atoms with van der Waals surface area (Å²) in [6.07, 6.45) is 8.01. The van der Waals surface area contributed by atoms with Gasteiger partial charge in [-0.3, -0.25) is 0 Å². The molecule has 0 aromatic carbocycles. The van der Waals surface area contributed by atoms with Gasteiger partial charge >= 0.3 is 0 Å². The first-order chi connectivity index (χ1) is 6.36. The molecular weight excluding hydrogens is 162 g/mol. The van der Waals surface area contributed by atoms with Gasteiger partial charge in [0.05, 0.1) is 11.9 Å². The third kappa shape index (κ3) is 3.40. The van der Waals surface area contributed by atoms with Gasteiger partial charge < -0.3 is 5.32 Å². The first kappa shape index (κ1) is 9.96. The van der Waals surface area contributed by atoms with E-state index in [0.29, 0.717) is 6.04 Å². The summed E-state index contributed by atoms with van der Waals surface area (Å²) in [6, 6.07) is 2.43. The number of nitrogens with one attached hydrogen (secondary N) is 1. The molecule has 3 heteroatoms. The third-order valence-corrected chi connectivity index (χ3v) is 2.03. The fourth-order valence-electron chi connectivity index (χ4n) is 1.29. The molecule has 0 amide bonds. The van der Waals surface area contributed by atoms with Crippen LogP contribution in [-0.2, 0) is 0 Å². The van der Waals surface area contributed by atoms with Crippen LogP contribution < -0.4 is 5.32 Å². The molecule has 0 aliphatic carbocycles. The predicted molar refractivity (Wildman–Crippen MR) is 53.5 cm³/mol. The highest BCUT2D eigenvalue weighted by atomic mass is 15.1. The maximum absolute atomic E-state index is 3.69. The van der Waals surface area contributed by atoms with Crippen LogP contribution in [0.2, 0.25) is 0 Å². The van der Waals surface area contributed by atoms with E-state index < -0.39 is 0 Å². The second-order valence-electron chi connectivity index (χ2n) is 3.09. The van der Waals surface area contributed by atoms with Crippen LogP contribution >= 0.6 is 0 Å². The Kier molecular flexibility index (Phi) is 4.23. The molecule has 1 heterocycles. The van der Waals surface area contributed by atoms with Gasteiger partial charge in [0.25, 0.3) is 0 Å². The standard InChI is InChI=1S/C10H16N3/c1-3-5-9(4-2)13-10-6-7-11-12-8-10/h6-7,9H,3-5H2,1-2H3,(H,11,13). The molecule has 1 rings (SSSR count). The maximum atomic E-state index is 3.69. The van der Waals surface area contributed by atoms with Crippen molar-refractivity contribution < 1.29 is 0 Å². The quantitative estimate of drug-likeness (QED) is 0.751. The van der Waals surface area contributed by atoms with Gasteiger partial charge in [0.1, 0.15) is 6.20 Å². The summed E-state index contributed by atoms with van der Waals surface area (Å²) in [5.74, 6) is 0. The molecule has 1 aromatic heterocycles. The first-order valence-electron chi connectivity index (χ1n) is 4.82. The Morgan fingerprint density at radius 2 is 2.38 bits per heavy atom. The molecule has 1 radical (unpaired) electrons. The molecule has 0 saturated heterocycles. The Morgan fingerprint density at radius 1 is 1.54 bits per heavy atom. The Morgan fingerprint density at radius 3 is 2.92 bits per heavy atom. The maximum Gasteiger partial charge on any atom is 0.138 e. The molecule has 1 unspecified atom stereocenters. The van der Waals surface area contributed by atoms with Gasteiger partial charge in [-0.25, -0.2) is 0 Å². The van der Waals surface area contributed by atoms with E-state index in [1.807, 2.05) is 6.07 Å². The lowest BCUT2D eigenvalue weighted by Gasteiger charge is -2.16. The zero-order valence-corrected chi connectivity index (χ0v) is 8.25. The summed E-state index contributed by atoms with van der Waals surface area (Å²) in [5.41, 5.74) is 0.940. The van der Waals surface area contributed by atoms with Crippen LogP contribution in [-0.4, -0.2) is 16.2 Å². The Labute approximate surface area is 79.6 Å². The van der Waals surface area contributed by atoms with Crippen LogP contribution in [0.15, 0.2) is 12.3 Å². The Bertz CT molecular complexity index is 223. The molecular formula is C10H16N3. The normalized spacial score (nSPS) is 12.5. The second-order valence-corrected chi connectivity index (χ2v) is 3.09. The van der Waals surface area contributed by atoms with Crippen LogP contribution in [0.4, 0.5) is 5.69 Å².